The van der Waals surface area contributed by atoms with Crippen LogP contribution in [-0.4, -0.2) is 48.3 Å². The van der Waals surface area contributed by atoms with Crippen molar-refractivity contribution in [1.82, 2.24) is 0 Å². The van der Waals surface area contributed by atoms with Crippen LogP contribution in [0, 0.1) is 11.8 Å². The van der Waals surface area contributed by atoms with Crippen LogP contribution in [0.2, 0.25) is 0 Å². The number of nitrogens with one attached hydrogen (secondary N) is 1. The summed E-state index contributed by atoms with van der Waals surface area (Å²) in [5.41, 5.74) is 3.03. The molecule has 10 nitrogen and oxygen atoms in total. The summed E-state index contributed by atoms with van der Waals surface area (Å²) in [7, 11) is 1.41. The Balaban J connectivity index is 2.31. The summed E-state index contributed by atoms with van der Waals surface area (Å²) in [6, 6.07) is 4.68. The fourth-order valence-electron chi connectivity index (χ4n) is 2.75. The van der Waals surface area contributed by atoms with Crippen molar-refractivity contribution in [3.63, 3.8) is 0 Å². The van der Waals surface area contributed by atoms with Gasteiger partial charge in [-0.05, 0) is 30.0 Å². The van der Waals surface area contributed by atoms with Gasteiger partial charge in [0.25, 0.3) is 0 Å². The summed E-state index contributed by atoms with van der Waals surface area (Å²) in [6.07, 6.45) is 3.50. The average Bonchev–Trinajstić information content (AvgIpc) is 2.78. The van der Waals surface area contributed by atoms with Crippen molar-refractivity contribution in [2.24, 2.45) is 11.8 Å². The number of allylic oxidation sites excluding steroid dienone is 4. The molecule has 2 rings (SSSR count). The predicted octanol–water partition coefficient (Wildman–Crippen LogP) is 4.96. The van der Waals surface area contributed by atoms with Crippen molar-refractivity contribution in [2.75, 3.05) is 25.8 Å². The first kappa shape index (κ1) is 25.7. The first-order chi connectivity index (χ1) is 15.7. The molecule has 2 N–H and O–H groups in total. The van der Waals surface area contributed by atoms with Gasteiger partial charge in [-0.2, -0.15) is 0 Å². The van der Waals surface area contributed by atoms with Gasteiger partial charge in [0.1, 0.15) is 18.6 Å². The maximum atomic E-state index is 12.2. The Hall–Kier alpha value is -3.53. The number of carbonyl (C=O) groups excluding carboxylic acids is 2. The van der Waals surface area contributed by atoms with Gasteiger partial charge in [-0.3, -0.25) is 15.5 Å². The van der Waals surface area contributed by atoms with Gasteiger partial charge in [-0.1, -0.05) is 39.8 Å². The first-order valence-electron chi connectivity index (χ1n) is 10.5. The highest BCUT2D eigenvalue weighted by Gasteiger charge is 2.31. The van der Waals surface area contributed by atoms with Crippen LogP contribution in [0.15, 0.2) is 42.2 Å². The van der Waals surface area contributed by atoms with Gasteiger partial charge in [-0.15, -0.1) is 0 Å². The lowest BCUT2D eigenvalue weighted by molar-refractivity contribution is -0.720. The molecule has 10 heteroatoms. The third kappa shape index (κ3) is 7.83. The highest BCUT2D eigenvalue weighted by atomic mass is 16.7. The predicted molar refractivity (Wildman–Crippen MR) is 120 cm³/mol. The van der Waals surface area contributed by atoms with Gasteiger partial charge in [0.15, 0.2) is 0 Å². The van der Waals surface area contributed by atoms with E-state index in [1.807, 2.05) is 27.7 Å². The zero-order valence-electron chi connectivity index (χ0n) is 19.5. The van der Waals surface area contributed by atoms with Crippen LogP contribution in [0.5, 0.6) is 5.75 Å². The molecule has 0 unspecified atom stereocenters. The molecule has 1 aromatic rings. The number of carbonyl (C=O) groups is 2. The molecule has 0 radical (unpaired) electrons. The molecule has 0 fully saturated rings. The van der Waals surface area contributed by atoms with Gasteiger partial charge in [0.2, 0.25) is 11.5 Å². The van der Waals surface area contributed by atoms with E-state index < -0.39 is 12.3 Å². The third-order valence-electron chi connectivity index (χ3n) is 4.17. The lowest BCUT2D eigenvalue weighted by Crippen LogP contribution is -2.21. The van der Waals surface area contributed by atoms with Crippen LogP contribution in [0.25, 0.3) is 0 Å². The van der Waals surface area contributed by atoms with E-state index in [1.165, 1.54) is 17.9 Å². The van der Waals surface area contributed by atoms with Crippen molar-refractivity contribution < 1.29 is 43.3 Å². The summed E-state index contributed by atoms with van der Waals surface area (Å²) in [6.45, 7) is 8.08. The van der Waals surface area contributed by atoms with Crippen molar-refractivity contribution in [1.29, 1.82) is 0 Å². The molecule has 33 heavy (non-hydrogen) atoms. The molecule has 0 aromatic heterocycles. The van der Waals surface area contributed by atoms with E-state index in [-0.39, 0.29) is 48.6 Å². The van der Waals surface area contributed by atoms with Crippen LogP contribution in [0.4, 0.5) is 21.0 Å². The number of hydrogen-bond acceptors (Lipinski definition) is 9. The monoisotopic (exact) mass is 463 g/mol. The second-order valence-corrected chi connectivity index (χ2v) is 8.02. The number of hydrogen-bond donors (Lipinski definition) is 2. The third-order valence-corrected chi connectivity index (χ3v) is 4.17. The minimum absolute atomic E-state index is 0.0823. The summed E-state index contributed by atoms with van der Waals surface area (Å²) in [4.78, 5) is 29.6. The number of benzene rings is 1. The minimum Gasteiger partial charge on any atom is -0.434 e. The molecule has 180 valence electrons. The number of para-hydroxylation sites is 1. The Labute approximate surface area is 192 Å². The molecule has 0 saturated carbocycles. The van der Waals surface area contributed by atoms with Crippen LogP contribution >= 0.6 is 0 Å². The highest BCUT2D eigenvalue weighted by Crippen LogP contribution is 2.36. The number of rotatable bonds is 9. The number of anilines is 1. The van der Waals surface area contributed by atoms with Gasteiger partial charge in [0.05, 0.1) is 19.6 Å². The van der Waals surface area contributed by atoms with Crippen molar-refractivity contribution in [2.45, 2.75) is 34.1 Å². The summed E-state index contributed by atoms with van der Waals surface area (Å²) < 4.78 is 22.1. The first-order valence-corrected chi connectivity index (χ1v) is 10.5. The van der Waals surface area contributed by atoms with E-state index in [9.17, 15) is 14.8 Å². The summed E-state index contributed by atoms with van der Waals surface area (Å²) in [5, 5.41) is 9.64. The molecule has 0 atom stereocenters. The quantitative estimate of drug-likeness (QED) is 0.227. The molecule has 1 aliphatic carbocycles. The maximum Gasteiger partial charge on any atom is 0.514 e. The smallest absolute Gasteiger partial charge is 0.434 e. The molecule has 0 spiro atoms. The zero-order chi connectivity index (χ0) is 24.4. The van der Waals surface area contributed by atoms with E-state index >= 15 is 0 Å². The molecule has 0 heterocycles. The van der Waals surface area contributed by atoms with Crippen molar-refractivity contribution in [3.8, 4) is 5.75 Å². The second-order valence-electron chi connectivity index (χ2n) is 8.02. The summed E-state index contributed by atoms with van der Waals surface area (Å²) in [5.74, 6) is 0.728. The van der Waals surface area contributed by atoms with Crippen LogP contribution in [0.3, 0.4) is 0 Å². The highest BCUT2D eigenvalue weighted by molar-refractivity contribution is 5.95. The second kappa shape index (κ2) is 12.5. The van der Waals surface area contributed by atoms with Gasteiger partial charge in [0, 0.05) is 10.8 Å². The van der Waals surface area contributed by atoms with Crippen LogP contribution < -0.4 is 10.2 Å². The maximum absolute atomic E-state index is 12.2. The van der Waals surface area contributed by atoms with Gasteiger partial charge >= 0.3 is 18.0 Å². The number of ether oxygens (including phenoxy) is 4. The Bertz CT molecular complexity index is 934. The van der Waals surface area contributed by atoms with E-state index in [4.69, 9.17) is 23.8 Å². The lowest BCUT2D eigenvalue weighted by Gasteiger charge is -2.14. The molecule has 1 aromatic carbocycles. The Kier molecular flexibility index (Phi) is 9.74. The molecule has 0 aliphatic heterocycles. The molecular weight excluding hydrogens is 432 g/mol. The average molecular weight is 464 g/mol. The fourth-order valence-corrected chi connectivity index (χ4v) is 2.75. The van der Waals surface area contributed by atoms with Crippen LogP contribution in [0.1, 0.15) is 34.1 Å². The van der Waals surface area contributed by atoms with Crippen molar-refractivity contribution in [3.05, 3.63) is 42.2 Å². The van der Waals surface area contributed by atoms with E-state index in [0.717, 1.165) is 0 Å². The SMILES string of the molecule is CO/[N+](=C1\C=CC=C(OC(=O)OCC(C)C)C1)c1c(NO)cccc1OC(=O)OCC(C)C. The minimum atomic E-state index is -0.892. The Morgan fingerprint density at radius 3 is 2.27 bits per heavy atom. The summed E-state index contributed by atoms with van der Waals surface area (Å²) >= 11 is 0. The van der Waals surface area contributed by atoms with E-state index in [2.05, 4.69) is 5.48 Å². The Morgan fingerprint density at radius 2 is 1.70 bits per heavy atom. The van der Waals surface area contributed by atoms with Gasteiger partial charge < -0.3 is 18.9 Å². The zero-order valence-corrected chi connectivity index (χ0v) is 19.5. The van der Waals surface area contributed by atoms with Crippen LogP contribution in [-0.2, 0) is 19.0 Å². The molecule has 0 amide bonds. The molecule has 0 saturated heterocycles. The Morgan fingerprint density at radius 1 is 1.06 bits per heavy atom. The normalized spacial score (nSPS) is 14.5. The molecular formula is C23H31N2O8+. The topological polar surface area (TPSA) is 116 Å². The van der Waals surface area contributed by atoms with E-state index in [1.54, 1.807) is 30.4 Å². The number of nitrogens with zero attached hydrogens (tertiary/aromatic N) is 1. The standard InChI is InChI=1S/C23H31N2O8/c1-15(2)13-30-22(26)32-18-9-6-8-17(12-18)25(29-5)21-19(24-28)10-7-11-20(21)33-23(27)31-14-16(3)4/h6-11,15-16,24,28H,12-14H2,1-5H3/q+1/b25-17+. The fraction of sp³-hybridized carbons (Fsp3) is 0.435. The van der Waals surface area contributed by atoms with Crippen molar-refractivity contribution >= 4 is 29.4 Å². The molecule has 0 bridgehead atoms. The molecule has 1 aliphatic rings. The lowest BCUT2D eigenvalue weighted by atomic mass is 10.1. The van der Waals surface area contributed by atoms with Gasteiger partial charge in [-0.25, -0.2) is 9.59 Å². The van der Waals surface area contributed by atoms with E-state index in [0.29, 0.717) is 11.5 Å². The largest absolute Gasteiger partial charge is 0.514 e.